The number of halogens is 3. The summed E-state index contributed by atoms with van der Waals surface area (Å²) in [5, 5.41) is 3.82. The fourth-order valence-corrected chi connectivity index (χ4v) is 2.84. The summed E-state index contributed by atoms with van der Waals surface area (Å²) >= 11 is 9.45. The largest absolute Gasteiger partial charge is 0.309 e. The number of rotatable bonds is 3. The molecule has 0 saturated carbocycles. The van der Waals surface area contributed by atoms with Crippen molar-refractivity contribution in [2.45, 2.75) is 6.04 Å². The zero-order valence-corrected chi connectivity index (χ0v) is 12.1. The van der Waals surface area contributed by atoms with Crippen molar-refractivity contribution in [2.75, 3.05) is 7.05 Å². The highest BCUT2D eigenvalue weighted by Crippen LogP contribution is 2.28. The third kappa shape index (κ3) is 3.10. The standard InChI is InChI=1S/C14H12BrClFN/c1-18-14(9-3-2-4-13(17)7-9)10-5-11(15)8-12(16)6-10/h2-8,14,18H,1H3. The van der Waals surface area contributed by atoms with Crippen LogP contribution in [0.15, 0.2) is 46.9 Å². The molecule has 0 heterocycles. The summed E-state index contributed by atoms with van der Waals surface area (Å²) in [4.78, 5) is 0. The second kappa shape index (κ2) is 5.83. The smallest absolute Gasteiger partial charge is 0.123 e. The Morgan fingerprint density at radius 1 is 1.17 bits per heavy atom. The molecule has 2 rings (SSSR count). The molecule has 2 aromatic carbocycles. The summed E-state index contributed by atoms with van der Waals surface area (Å²) in [6, 6.07) is 12.1. The third-order valence-corrected chi connectivity index (χ3v) is 3.36. The van der Waals surface area contributed by atoms with Gasteiger partial charge in [0.2, 0.25) is 0 Å². The van der Waals surface area contributed by atoms with E-state index < -0.39 is 0 Å². The van der Waals surface area contributed by atoms with Crippen LogP contribution in [0.25, 0.3) is 0 Å². The Bertz CT molecular complexity index is 539. The van der Waals surface area contributed by atoms with Crippen LogP contribution in [0.5, 0.6) is 0 Å². The molecule has 0 aliphatic rings. The first-order chi connectivity index (χ1) is 8.60. The van der Waals surface area contributed by atoms with E-state index in [9.17, 15) is 4.39 Å². The van der Waals surface area contributed by atoms with Crippen molar-refractivity contribution in [3.05, 3.63) is 68.9 Å². The van der Waals surface area contributed by atoms with Crippen molar-refractivity contribution in [3.63, 3.8) is 0 Å². The molecule has 1 atom stereocenters. The predicted molar refractivity (Wildman–Crippen MR) is 76.5 cm³/mol. The van der Waals surface area contributed by atoms with Crippen molar-refractivity contribution in [1.29, 1.82) is 0 Å². The SMILES string of the molecule is CNC(c1cccc(F)c1)c1cc(Cl)cc(Br)c1. The fraction of sp³-hybridized carbons (Fsp3) is 0.143. The van der Waals surface area contributed by atoms with E-state index in [-0.39, 0.29) is 11.9 Å². The molecule has 2 aromatic rings. The molecular formula is C14H12BrClFN. The van der Waals surface area contributed by atoms with Crippen LogP contribution in [0.2, 0.25) is 5.02 Å². The van der Waals surface area contributed by atoms with Crippen LogP contribution in [0, 0.1) is 5.82 Å². The summed E-state index contributed by atoms with van der Waals surface area (Å²) in [5.41, 5.74) is 1.86. The molecule has 0 spiro atoms. The first kappa shape index (κ1) is 13.5. The lowest BCUT2D eigenvalue weighted by Gasteiger charge is -2.18. The van der Waals surface area contributed by atoms with Gasteiger partial charge < -0.3 is 5.32 Å². The van der Waals surface area contributed by atoms with E-state index in [1.807, 2.05) is 31.3 Å². The molecule has 1 unspecified atom stereocenters. The fourth-order valence-electron chi connectivity index (χ4n) is 1.95. The van der Waals surface area contributed by atoms with Gasteiger partial charge in [-0.3, -0.25) is 0 Å². The van der Waals surface area contributed by atoms with Crippen molar-refractivity contribution in [1.82, 2.24) is 5.32 Å². The van der Waals surface area contributed by atoms with E-state index in [1.54, 1.807) is 6.07 Å². The lowest BCUT2D eigenvalue weighted by Crippen LogP contribution is -2.17. The number of benzene rings is 2. The number of hydrogen-bond donors (Lipinski definition) is 1. The maximum atomic E-state index is 13.3. The van der Waals surface area contributed by atoms with Gasteiger partial charge in [-0.25, -0.2) is 4.39 Å². The first-order valence-electron chi connectivity index (χ1n) is 5.49. The molecule has 0 amide bonds. The van der Waals surface area contributed by atoms with Crippen LogP contribution in [0.3, 0.4) is 0 Å². The van der Waals surface area contributed by atoms with E-state index >= 15 is 0 Å². The zero-order valence-electron chi connectivity index (χ0n) is 9.75. The molecule has 0 aliphatic carbocycles. The molecule has 0 saturated heterocycles. The molecule has 0 bridgehead atoms. The van der Waals surface area contributed by atoms with Crippen LogP contribution >= 0.6 is 27.5 Å². The van der Waals surface area contributed by atoms with Gasteiger partial charge >= 0.3 is 0 Å². The minimum absolute atomic E-state index is 0.0873. The van der Waals surface area contributed by atoms with Gasteiger partial charge in [-0.1, -0.05) is 39.7 Å². The summed E-state index contributed by atoms with van der Waals surface area (Å²) in [5.74, 6) is -0.242. The van der Waals surface area contributed by atoms with Gasteiger partial charge in [0.15, 0.2) is 0 Å². The summed E-state index contributed by atoms with van der Waals surface area (Å²) < 4.78 is 14.2. The molecule has 18 heavy (non-hydrogen) atoms. The van der Waals surface area contributed by atoms with Gasteiger partial charge in [-0.05, 0) is 48.5 Å². The lowest BCUT2D eigenvalue weighted by molar-refractivity contribution is 0.616. The zero-order chi connectivity index (χ0) is 13.1. The Labute approximate surface area is 119 Å². The van der Waals surface area contributed by atoms with Crippen LogP contribution in [0.1, 0.15) is 17.2 Å². The van der Waals surface area contributed by atoms with Crippen LogP contribution < -0.4 is 5.32 Å². The minimum Gasteiger partial charge on any atom is -0.309 e. The van der Waals surface area contributed by atoms with Crippen molar-refractivity contribution < 1.29 is 4.39 Å². The highest BCUT2D eigenvalue weighted by Gasteiger charge is 2.13. The summed E-state index contributed by atoms with van der Waals surface area (Å²) in [6.07, 6.45) is 0. The van der Waals surface area contributed by atoms with Gasteiger partial charge in [-0.15, -0.1) is 0 Å². The van der Waals surface area contributed by atoms with Gasteiger partial charge in [0, 0.05) is 9.50 Å². The first-order valence-corrected chi connectivity index (χ1v) is 6.66. The predicted octanol–water partition coefficient (Wildman–Crippen LogP) is 4.55. The Morgan fingerprint density at radius 2 is 1.94 bits per heavy atom. The van der Waals surface area contributed by atoms with Crippen molar-refractivity contribution in [3.8, 4) is 0 Å². The molecule has 0 aromatic heterocycles. The highest BCUT2D eigenvalue weighted by molar-refractivity contribution is 9.10. The Morgan fingerprint density at radius 3 is 2.56 bits per heavy atom. The Kier molecular flexibility index (Phi) is 4.38. The Hall–Kier alpha value is -0.900. The van der Waals surface area contributed by atoms with Crippen LogP contribution in [-0.2, 0) is 0 Å². The van der Waals surface area contributed by atoms with Crippen LogP contribution in [-0.4, -0.2) is 7.05 Å². The monoisotopic (exact) mass is 327 g/mol. The molecule has 0 fully saturated rings. The molecule has 1 nitrogen and oxygen atoms in total. The van der Waals surface area contributed by atoms with Gasteiger partial charge in [0.05, 0.1) is 6.04 Å². The maximum absolute atomic E-state index is 13.3. The topological polar surface area (TPSA) is 12.0 Å². The number of nitrogens with one attached hydrogen (secondary N) is 1. The van der Waals surface area contributed by atoms with E-state index in [0.717, 1.165) is 15.6 Å². The average molecular weight is 329 g/mol. The average Bonchev–Trinajstić information content (AvgIpc) is 2.28. The second-order valence-electron chi connectivity index (χ2n) is 3.98. The minimum atomic E-state index is -0.242. The molecule has 0 aliphatic heterocycles. The molecule has 4 heteroatoms. The summed E-state index contributed by atoms with van der Waals surface area (Å²) in [6.45, 7) is 0. The molecule has 94 valence electrons. The van der Waals surface area contributed by atoms with Gasteiger partial charge in [-0.2, -0.15) is 0 Å². The van der Waals surface area contributed by atoms with E-state index in [0.29, 0.717) is 5.02 Å². The van der Waals surface area contributed by atoms with E-state index in [1.165, 1.54) is 12.1 Å². The van der Waals surface area contributed by atoms with Gasteiger partial charge in [0.1, 0.15) is 5.82 Å². The molecule has 1 N–H and O–H groups in total. The molecule has 0 radical (unpaired) electrons. The van der Waals surface area contributed by atoms with Crippen molar-refractivity contribution >= 4 is 27.5 Å². The second-order valence-corrected chi connectivity index (χ2v) is 5.33. The van der Waals surface area contributed by atoms with Crippen molar-refractivity contribution in [2.24, 2.45) is 0 Å². The number of hydrogen-bond acceptors (Lipinski definition) is 1. The van der Waals surface area contributed by atoms with E-state index in [4.69, 9.17) is 11.6 Å². The van der Waals surface area contributed by atoms with Crippen LogP contribution in [0.4, 0.5) is 4.39 Å². The quantitative estimate of drug-likeness (QED) is 0.871. The normalized spacial score (nSPS) is 12.4. The summed E-state index contributed by atoms with van der Waals surface area (Å²) in [7, 11) is 1.84. The van der Waals surface area contributed by atoms with E-state index in [2.05, 4.69) is 21.2 Å². The maximum Gasteiger partial charge on any atom is 0.123 e. The lowest BCUT2D eigenvalue weighted by atomic mass is 9.99. The molecular weight excluding hydrogens is 317 g/mol. The Balaban J connectivity index is 2.45. The van der Waals surface area contributed by atoms with Gasteiger partial charge in [0.25, 0.3) is 0 Å². The highest BCUT2D eigenvalue weighted by atomic mass is 79.9. The third-order valence-electron chi connectivity index (χ3n) is 2.69.